The van der Waals surface area contributed by atoms with Gasteiger partial charge in [0, 0.05) is 42.4 Å². The molecule has 1 aliphatic heterocycles. The van der Waals surface area contributed by atoms with Gasteiger partial charge in [-0.15, -0.1) is 0 Å². The highest BCUT2D eigenvalue weighted by molar-refractivity contribution is 5.89. The summed E-state index contributed by atoms with van der Waals surface area (Å²) in [6, 6.07) is 4.01. The number of amides is 1. The molecular formula is C19H22N4O3. The van der Waals surface area contributed by atoms with Crippen molar-refractivity contribution in [2.75, 3.05) is 0 Å². The fourth-order valence-electron chi connectivity index (χ4n) is 3.20. The predicted octanol–water partition coefficient (Wildman–Crippen LogP) is 1.66. The molecule has 1 aromatic carbocycles. The number of fused-ring (bicyclic) bond motifs is 1. The lowest BCUT2D eigenvalue weighted by Gasteiger charge is -2.18. The van der Waals surface area contributed by atoms with E-state index in [0.29, 0.717) is 12.8 Å². The Hall–Kier alpha value is -2.93. The number of aliphatic carboxylic acids is 1. The topological polar surface area (TPSA) is 121 Å². The van der Waals surface area contributed by atoms with Gasteiger partial charge in [0.25, 0.3) is 0 Å². The van der Waals surface area contributed by atoms with Crippen LogP contribution < -0.4 is 11.1 Å². The molecule has 2 heterocycles. The van der Waals surface area contributed by atoms with Gasteiger partial charge in [0.2, 0.25) is 5.91 Å². The quantitative estimate of drug-likeness (QED) is 0.604. The number of nitrogens with zero attached hydrogens (tertiary/aromatic N) is 1. The molecule has 3 rings (SSSR count). The number of carboxylic acids is 1. The van der Waals surface area contributed by atoms with E-state index >= 15 is 0 Å². The Labute approximate surface area is 151 Å². The van der Waals surface area contributed by atoms with Crippen molar-refractivity contribution in [3.63, 3.8) is 0 Å². The van der Waals surface area contributed by atoms with E-state index in [1.54, 1.807) is 18.6 Å². The van der Waals surface area contributed by atoms with Crippen molar-refractivity contribution in [3.05, 3.63) is 47.3 Å². The smallest absolute Gasteiger partial charge is 0.326 e. The van der Waals surface area contributed by atoms with E-state index in [4.69, 9.17) is 5.73 Å². The van der Waals surface area contributed by atoms with Crippen LogP contribution in [-0.4, -0.2) is 40.3 Å². The minimum atomic E-state index is -1.09. The van der Waals surface area contributed by atoms with E-state index in [1.165, 1.54) is 0 Å². The van der Waals surface area contributed by atoms with Crippen LogP contribution in [0.1, 0.15) is 24.0 Å². The monoisotopic (exact) mass is 354 g/mol. The number of hydrogen-bond acceptors (Lipinski definition) is 4. The molecule has 5 N–H and O–H groups in total. The van der Waals surface area contributed by atoms with Crippen LogP contribution in [0.25, 0.3) is 10.9 Å². The summed E-state index contributed by atoms with van der Waals surface area (Å²) in [7, 11) is 0. The van der Waals surface area contributed by atoms with Gasteiger partial charge in [-0.05, 0) is 36.1 Å². The number of carbonyl (C=O) groups excluding carboxylic acids is 1. The normalized spacial score (nSPS) is 15.7. The number of hydrogen-bond donors (Lipinski definition) is 4. The lowest BCUT2D eigenvalue weighted by atomic mass is 10.0. The lowest BCUT2D eigenvalue weighted by Crippen LogP contribution is -2.49. The first-order valence-corrected chi connectivity index (χ1v) is 8.49. The van der Waals surface area contributed by atoms with Gasteiger partial charge in [0.15, 0.2) is 0 Å². The second kappa shape index (κ2) is 7.53. The maximum absolute atomic E-state index is 12.3. The van der Waals surface area contributed by atoms with E-state index in [0.717, 1.165) is 27.6 Å². The van der Waals surface area contributed by atoms with Crippen LogP contribution in [0, 0.1) is 6.92 Å². The molecule has 1 aliphatic rings. The van der Waals surface area contributed by atoms with Crippen molar-refractivity contribution in [2.45, 2.75) is 38.3 Å². The molecule has 136 valence electrons. The standard InChI is InChI=1S/C19H22N4O3/c1-11-3-2-4-15-17(11)13(10-22-15)8-16(19(25)26)23-18(24)14(20)7-12-5-6-21-9-12/h2-4,6,9-10,14,16,22H,5,7-8,20H2,1H3,(H,23,24)(H,25,26)/t14-,16-/m0/s1. The number of carbonyl (C=O) groups is 2. The molecule has 0 radical (unpaired) electrons. The highest BCUT2D eigenvalue weighted by Gasteiger charge is 2.25. The second-order valence-electron chi connectivity index (χ2n) is 6.55. The number of benzene rings is 1. The van der Waals surface area contributed by atoms with Crippen LogP contribution in [0.15, 0.2) is 41.2 Å². The van der Waals surface area contributed by atoms with Crippen molar-refractivity contribution in [1.82, 2.24) is 10.3 Å². The van der Waals surface area contributed by atoms with Crippen molar-refractivity contribution < 1.29 is 14.7 Å². The number of nitrogens with one attached hydrogen (secondary N) is 2. The highest BCUT2D eigenvalue weighted by Crippen LogP contribution is 2.23. The summed E-state index contributed by atoms with van der Waals surface area (Å²) in [6.45, 7) is 1.97. The average molecular weight is 354 g/mol. The number of aliphatic imine (C=N–C) groups is 1. The number of H-pyrrole nitrogens is 1. The van der Waals surface area contributed by atoms with Crippen molar-refractivity contribution >= 4 is 29.0 Å². The Morgan fingerprint density at radius 3 is 2.88 bits per heavy atom. The summed E-state index contributed by atoms with van der Waals surface area (Å²) in [5.74, 6) is -1.56. The predicted molar refractivity (Wildman–Crippen MR) is 100 cm³/mol. The zero-order valence-electron chi connectivity index (χ0n) is 14.5. The zero-order valence-corrected chi connectivity index (χ0v) is 14.5. The van der Waals surface area contributed by atoms with E-state index in [1.807, 2.05) is 25.1 Å². The fourth-order valence-corrected chi connectivity index (χ4v) is 3.20. The van der Waals surface area contributed by atoms with Gasteiger partial charge in [-0.1, -0.05) is 12.1 Å². The molecule has 2 atom stereocenters. The first kappa shape index (κ1) is 17.9. The number of aromatic nitrogens is 1. The van der Waals surface area contributed by atoms with Gasteiger partial charge in [-0.3, -0.25) is 9.79 Å². The minimum Gasteiger partial charge on any atom is -0.480 e. The van der Waals surface area contributed by atoms with Gasteiger partial charge >= 0.3 is 5.97 Å². The average Bonchev–Trinajstić information content (AvgIpc) is 3.24. The molecule has 0 fully saturated rings. The van der Waals surface area contributed by atoms with Crippen LogP contribution in [0.3, 0.4) is 0 Å². The maximum Gasteiger partial charge on any atom is 0.326 e. The summed E-state index contributed by atoms with van der Waals surface area (Å²) in [6.07, 6.45) is 6.46. The zero-order chi connectivity index (χ0) is 18.7. The summed E-state index contributed by atoms with van der Waals surface area (Å²) in [5, 5.41) is 13.1. The first-order valence-electron chi connectivity index (χ1n) is 8.49. The molecule has 2 aromatic rings. The van der Waals surface area contributed by atoms with E-state index in [-0.39, 0.29) is 6.42 Å². The third-order valence-corrected chi connectivity index (χ3v) is 4.57. The molecule has 0 saturated heterocycles. The molecular weight excluding hydrogens is 332 g/mol. The van der Waals surface area contributed by atoms with Crippen molar-refractivity contribution in [2.24, 2.45) is 10.7 Å². The van der Waals surface area contributed by atoms with Crippen LogP contribution in [-0.2, 0) is 16.0 Å². The molecule has 0 unspecified atom stereocenters. The van der Waals surface area contributed by atoms with Crippen molar-refractivity contribution in [3.8, 4) is 0 Å². The third kappa shape index (κ3) is 3.83. The Balaban J connectivity index is 1.70. The van der Waals surface area contributed by atoms with Crippen LogP contribution in [0.2, 0.25) is 0 Å². The maximum atomic E-state index is 12.3. The van der Waals surface area contributed by atoms with Gasteiger partial charge in [0.1, 0.15) is 6.04 Å². The van der Waals surface area contributed by atoms with E-state index in [9.17, 15) is 14.7 Å². The largest absolute Gasteiger partial charge is 0.480 e. The van der Waals surface area contributed by atoms with E-state index < -0.39 is 24.0 Å². The molecule has 0 saturated carbocycles. The fraction of sp³-hybridized carbons (Fsp3) is 0.316. The van der Waals surface area contributed by atoms with Gasteiger partial charge < -0.3 is 21.1 Å². The van der Waals surface area contributed by atoms with E-state index in [2.05, 4.69) is 15.3 Å². The molecule has 0 spiro atoms. The van der Waals surface area contributed by atoms with Gasteiger partial charge in [-0.25, -0.2) is 4.79 Å². The second-order valence-corrected chi connectivity index (χ2v) is 6.55. The molecule has 26 heavy (non-hydrogen) atoms. The van der Waals surface area contributed by atoms with Crippen LogP contribution in [0.5, 0.6) is 0 Å². The molecule has 1 aromatic heterocycles. The van der Waals surface area contributed by atoms with Gasteiger partial charge in [0.05, 0.1) is 6.04 Å². The summed E-state index contributed by atoms with van der Waals surface area (Å²) < 4.78 is 0. The number of rotatable bonds is 7. The SMILES string of the molecule is Cc1cccc2[nH]cc(C[C@H](NC(=O)[C@@H](N)CC3=CN=CC3)C(=O)O)c12. The molecule has 7 nitrogen and oxygen atoms in total. The van der Waals surface area contributed by atoms with Gasteiger partial charge in [-0.2, -0.15) is 0 Å². The molecule has 7 heteroatoms. The summed E-state index contributed by atoms with van der Waals surface area (Å²) in [5.41, 5.74) is 9.74. The Bertz CT molecular complexity index is 897. The van der Waals surface area contributed by atoms with Crippen molar-refractivity contribution in [1.29, 1.82) is 0 Å². The molecule has 0 bridgehead atoms. The number of carboxylic acid groups (broad SMARTS) is 1. The molecule has 0 aliphatic carbocycles. The first-order chi connectivity index (χ1) is 12.5. The minimum absolute atomic E-state index is 0.185. The summed E-state index contributed by atoms with van der Waals surface area (Å²) in [4.78, 5) is 31.1. The Morgan fingerprint density at radius 2 is 2.19 bits per heavy atom. The number of aryl methyl sites for hydroxylation is 1. The third-order valence-electron chi connectivity index (χ3n) is 4.57. The van der Waals surface area contributed by atoms with Crippen LogP contribution in [0.4, 0.5) is 0 Å². The molecule has 1 amide bonds. The number of aromatic amines is 1. The summed E-state index contributed by atoms with van der Waals surface area (Å²) >= 11 is 0. The van der Waals surface area contributed by atoms with Crippen LogP contribution >= 0.6 is 0 Å². The number of nitrogens with two attached hydrogens (primary N) is 1. The highest BCUT2D eigenvalue weighted by atomic mass is 16.4. The lowest BCUT2D eigenvalue weighted by molar-refractivity contribution is -0.141. The Morgan fingerprint density at radius 1 is 1.38 bits per heavy atom. The Kier molecular flexibility index (Phi) is 5.18.